The summed E-state index contributed by atoms with van der Waals surface area (Å²) < 4.78 is 5.42. The van der Waals surface area contributed by atoms with E-state index >= 15 is 0 Å². The SMILES string of the molecule is CC[C@@H](C)c1ccccc1NC(=O)[C@H](C)N[C@@H](C)c1ccccc1OC. The van der Waals surface area contributed by atoms with E-state index in [0.717, 1.165) is 23.4 Å². The zero-order chi connectivity index (χ0) is 19.1. The van der Waals surface area contributed by atoms with E-state index < -0.39 is 0 Å². The van der Waals surface area contributed by atoms with Gasteiger partial charge in [-0.05, 0) is 43.9 Å². The maximum Gasteiger partial charge on any atom is 0.241 e. The maximum atomic E-state index is 12.7. The molecule has 2 rings (SSSR count). The van der Waals surface area contributed by atoms with Gasteiger partial charge in [-0.2, -0.15) is 0 Å². The van der Waals surface area contributed by atoms with Gasteiger partial charge in [0.15, 0.2) is 0 Å². The second kappa shape index (κ2) is 9.39. The van der Waals surface area contributed by atoms with Crippen LogP contribution in [0.5, 0.6) is 5.75 Å². The summed E-state index contributed by atoms with van der Waals surface area (Å²) in [6.45, 7) is 8.25. The lowest BCUT2D eigenvalue weighted by atomic mass is 9.97. The van der Waals surface area contributed by atoms with Gasteiger partial charge < -0.3 is 10.1 Å². The molecular formula is C22H30N2O2. The number of amides is 1. The third kappa shape index (κ3) is 4.85. The summed E-state index contributed by atoms with van der Waals surface area (Å²) in [7, 11) is 1.66. The van der Waals surface area contributed by atoms with E-state index in [0.29, 0.717) is 5.92 Å². The highest BCUT2D eigenvalue weighted by molar-refractivity contribution is 5.95. The van der Waals surface area contributed by atoms with Crippen LogP contribution in [0, 0.1) is 0 Å². The molecule has 26 heavy (non-hydrogen) atoms. The van der Waals surface area contributed by atoms with Crippen LogP contribution in [-0.4, -0.2) is 19.1 Å². The number of carbonyl (C=O) groups is 1. The topological polar surface area (TPSA) is 50.4 Å². The Morgan fingerprint density at radius 3 is 2.27 bits per heavy atom. The molecule has 0 aliphatic rings. The van der Waals surface area contributed by atoms with E-state index in [-0.39, 0.29) is 18.0 Å². The summed E-state index contributed by atoms with van der Waals surface area (Å²) in [6.07, 6.45) is 1.03. The molecule has 0 saturated carbocycles. The van der Waals surface area contributed by atoms with Crippen molar-refractivity contribution in [2.75, 3.05) is 12.4 Å². The van der Waals surface area contributed by atoms with Crippen LogP contribution in [0.15, 0.2) is 48.5 Å². The van der Waals surface area contributed by atoms with E-state index in [1.165, 1.54) is 5.56 Å². The molecule has 0 aromatic heterocycles. The zero-order valence-electron chi connectivity index (χ0n) is 16.4. The smallest absolute Gasteiger partial charge is 0.241 e. The number of para-hydroxylation sites is 2. The van der Waals surface area contributed by atoms with Crippen molar-refractivity contribution in [1.82, 2.24) is 5.32 Å². The number of nitrogens with one attached hydrogen (secondary N) is 2. The van der Waals surface area contributed by atoms with Crippen LogP contribution >= 0.6 is 0 Å². The molecule has 4 nitrogen and oxygen atoms in total. The average Bonchev–Trinajstić information content (AvgIpc) is 2.67. The van der Waals surface area contributed by atoms with E-state index in [9.17, 15) is 4.79 Å². The van der Waals surface area contributed by atoms with Crippen molar-refractivity contribution in [2.24, 2.45) is 0 Å². The molecule has 0 unspecified atom stereocenters. The first-order chi connectivity index (χ1) is 12.5. The lowest BCUT2D eigenvalue weighted by Crippen LogP contribution is -2.39. The summed E-state index contributed by atoms with van der Waals surface area (Å²) in [5.74, 6) is 1.19. The Labute approximate surface area is 157 Å². The van der Waals surface area contributed by atoms with E-state index in [1.54, 1.807) is 7.11 Å². The maximum absolute atomic E-state index is 12.7. The third-order valence-corrected chi connectivity index (χ3v) is 4.86. The monoisotopic (exact) mass is 354 g/mol. The third-order valence-electron chi connectivity index (χ3n) is 4.86. The molecule has 140 valence electrons. The lowest BCUT2D eigenvalue weighted by molar-refractivity contribution is -0.117. The first-order valence-corrected chi connectivity index (χ1v) is 9.26. The predicted molar refractivity (Wildman–Crippen MR) is 108 cm³/mol. The van der Waals surface area contributed by atoms with E-state index in [1.807, 2.05) is 56.3 Å². The fourth-order valence-corrected chi connectivity index (χ4v) is 3.07. The molecule has 3 atom stereocenters. The van der Waals surface area contributed by atoms with Gasteiger partial charge in [-0.3, -0.25) is 10.1 Å². The number of carbonyl (C=O) groups excluding carboxylic acids is 1. The number of anilines is 1. The molecule has 0 aliphatic heterocycles. The van der Waals surface area contributed by atoms with E-state index in [4.69, 9.17) is 4.74 Å². The van der Waals surface area contributed by atoms with Crippen molar-refractivity contribution in [3.63, 3.8) is 0 Å². The number of rotatable bonds is 8. The predicted octanol–water partition coefficient (Wildman–Crippen LogP) is 4.89. The van der Waals surface area contributed by atoms with Crippen molar-refractivity contribution >= 4 is 11.6 Å². The van der Waals surface area contributed by atoms with Crippen LogP contribution < -0.4 is 15.4 Å². The summed E-state index contributed by atoms with van der Waals surface area (Å²) in [4.78, 5) is 12.7. The van der Waals surface area contributed by atoms with E-state index in [2.05, 4.69) is 30.5 Å². The second-order valence-corrected chi connectivity index (χ2v) is 6.74. The molecule has 0 heterocycles. The number of hydrogen-bond acceptors (Lipinski definition) is 3. The average molecular weight is 354 g/mol. The van der Waals surface area contributed by atoms with Crippen LogP contribution in [0.3, 0.4) is 0 Å². The van der Waals surface area contributed by atoms with Crippen molar-refractivity contribution in [3.05, 3.63) is 59.7 Å². The quantitative estimate of drug-likeness (QED) is 0.710. The molecule has 0 radical (unpaired) electrons. The minimum absolute atomic E-state index is 0.00305. The molecule has 0 aliphatic carbocycles. The summed E-state index contributed by atoms with van der Waals surface area (Å²) >= 11 is 0. The highest BCUT2D eigenvalue weighted by Crippen LogP contribution is 2.27. The van der Waals surface area contributed by atoms with Gasteiger partial charge in [0.2, 0.25) is 5.91 Å². The Kier molecular flexibility index (Phi) is 7.22. The molecule has 0 fully saturated rings. The van der Waals surface area contributed by atoms with Crippen LogP contribution in [0.2, 0.25) is 0 Å². The van der Waals surface area contributed by atoms with Gasteiger partial charge in [0.05, 0.1) is 13.2 Å². The normalized spacial score (nSPS) is 14.3. The number of hydrogen-bond donors (Lipinski definition) is 2. The highest BCUT2D eigenvalue weighted by atomic mass is 16.5. The highest BCUT2D eigenvalue weighted by Gasteiger charge is 2.19. The van der Waals surface area contributed by atoms with Crippen LogP contribution in [-0.2, 0) is 4.79 Å². The fourth-order valence-electron chi connectivity index (χ4n) is 3.07. The summed E-state index contributed by atoms with van der Waals surface area (Å²) in [6, 6.07) is 15.5. The molecule has 2 aromatic carbocycles. The molecule has 4 heteroatoms. The fraction of sp³-hybridized carbons (Fsp3) is 0.409. The Balaban J connectivity index is 2.06. The van der Waals surface area contributed by atoms with Gasteiger partial charge >= 0.3 is 0 Å². The Bertz CT molecular complexity index is 730. The van der Waals surface area contributed by atoms with Gasteiger partial charge in [-0.25, -0.2) is 0 Å². The first-order valence-electron chi connectivity index (χ1n) is 9.26. The molecule has 2 N–H and O–H groups in total. The van der Waals surface area contributed by atoms with Gasteiger partial charge in [-0.1, -0.05) is 50.2 Å². The van der Waals surface area contributed by atoms with Crippen LogP contribution in [0.1, 0.15) is 57.2 Å². The Hall–Kier alpha value is -2.33. The van der Waals surface area contributed by atoms with Crippen molar-refractivity contribution in [2.45, 2.75) is 52.1 Å². The van der Waals surface area contributed by atoms with Crippen molar-refractivity contribution in [1.29, 1.82) is 0 Å². The number of ether oxygens (including phenoxy) is 1. The van der Waals surface area contributed by atoms with Crippen molar-refractivity contribution < 1.29 is 9.53 Å². The lowest BCUT2D eigenvalue weighted by Gasteiger charge is -2.22. The molecule has 2 aromatic rings. The van der Waals surface area contributed by atoms with Crippen molar-refractivity contribution in [3.8, 4) is 5.75 Å². The number of methoxy groups -OCH3 is 1. The summed E-state index contributed by atoms with van der Waals surface area (Å²) in [5.41, 5.74) is 3.11. The summed E-state index contributed by atoms with van der Waals surface area (Å²) in [5, 5.41) is 6.44. The molecule has 0 spiro atoms. The molecule has 1 amide bonds. The minimum atomic E-state index is -0.333. The van der Waals surface area contributed by atoms with Crippen LogP contribution in [0.25, 0.3) is 0 Å². The van der Waals surface area contributed by atoms with Crippen LogP contribution in [0.4, 0.5) is 5.69 Å². The molecule has 0 saturated heterocycles. The minimum Gasteiger partial charge on any atom is -0.496 e. The largest absolute Gasteiger partial charge is 0.496 e. The van der Waals surface area contributed by atoms with Gasteiger partial charge in [-0.15, -0.1) is 0 Å². The van der Waals surface area contributed by atoms with Gasteiger partial charge in [0.25, 0.3) is 0 Å². The first kappa shape index (κ1) is 20.0. The molecular weight excluding hydrogens is 324 g/mol. The van der Waals surface area contributed by atoms with Gasteiger partial charge in [0, 0.05) is 17.3 Å². The molecule has 0 bridgehead atoms. The number of benzene rings is 2. The standard InChI is InChI=1S/C22H30N2O2/c1-6-15(2)18-11-7-9-13-20(18)24-22(25)17(4)23-16(3)19-12-8-10-14-21(19)26-5/h7-17,23H,6H2,1-5H3,(H,24,25)/t15-,16+,17+/m1/s1. The Morgan fingerprint density at radius 2 is 1.62 bits per heavy atom. The van der Waals surface area contributed by atoms with Gasteiger partial charge in [0.1, 0.15) is 5.75 Å². The zero-order valence-corrected chi connectivity index (χ0v) is 16.4. The Morgan fingerprint density at radius 1 is 1.00 bits per heavy atom. The second-order valence-electron chi connectivity index (χ2n) is 6.74.